The standard InChI is InChI=1S/C11H20N4O3S/c1-2-15(4-3-14-5-7-18-8-6-14)19(16,17)11-9-12-13-10-11/h9-10H,2-8H2,1H3,(H,12,13). The van der Waals surface area contributed by atoms with Crippen molar-refractivity contribution < 1.29 is 13.2 Å². The number of ether oxygens (including phenoxy) is 1. The third-order valence-electron chi connectivity index (χ3n) is 3.23. The number of likely N-dealkylation sites (N-methyl/N-ethyl adjacent to an activating group) is 1. The molecule has 1 N–H and O–H groups in total. The Labute approximate surface area is 113 Å². The van der Waals surface area contributed by atoms with Crippen LogP contribution >= 0.6 is 0 Å². The topological polar surface area (TPSA) is 78.5 Å². The van der Waals surface area contributed by atoms with E-state index in [0.29, 0.717) is 13.1 Å². The quantitative estimate of drug-likeness (QED) is 0.781. The molecule has 0 radical (unpaired) electrons. The summed E-state index contributed by atoms with van der Waals surface area (Å²) in [7, 11) is -3.43. The van der Waals surface area contributed by atoms with Gasteiger partial charge in [-0.05, 0) is 0 Å². The van der Waals surface area contributed by atoms with Crippen LogP contribution in [0.1, 0.15) is 6.92 Å². The average molecular weight is 288 g/mol. The van der Waals surface area contributed by atoms with Crippen LogP contribution in [0.4, 0.5) is 0 Å². The number of rotatable bonds is 6. The van der Waals surface area contributed by atoms with Gasteiger partial charge in [-0.15, -0.1) is 0 Å². The molecule has 1 aliphatic rings. The lowest BCUT2D eigenvalue weighted by molar-refractivity contribution is 0.0364. The summed E-state index contributed by atoms with van der Waals surface area (Å²) in [5, 5.41) is 6.23. The van der Waals surface area contributed by atoms with Gasteiger partial charge in [0.25, 0.3) is 0 Å². The minimum absolute atomic E-state index is 0.219. The summed E-state index contributed by atoms with van der Waals surface area (Å²) in [6.45, 7) is 6.70. The van der Waals surface area contributed by atoms with Gasteiger partial charge in [-0.1, -0.05) is 6.92 Å². The number of nitrogens with one attached hydrogen (secondary N) is 1. The van der Waals surface area contributed by atoms with E-state index in [0.717, 1.165) is 32.8 Å². The normalized spacial score (nSPS) is 18.0. The van der Waals surface area contributed by atoms with Gasteiger partial charge in [0.1, 0.15) is 4.90 Å². The molecule has 7 nitrogen and oxygen atoms in total. The van der Waals surface area contributed by atoms with Crippen LogP contribution in [0, 0.1) is 0 Å². The fourth-order valence-corrected chi connectivity index (χ4v) is 3.40. The molecule has 1 saturated heterocycles. The first-order valence-corrected chi connectivity index (χ1v) is 7.87. The Morgan fingerprint density at radius 2 is 2.21 bits per heavy atom. The van der Waals surface area contributed by atoms with Crippen molar-refractivity contribution in [2.24, 2.45) is 0 Å². The minimum atomic E-state index is -3.43. The highest BCUT2D eigenvalue weighted by Crippen LogP contribution is 2.13. The Morgan fingerprint density at radius 3 is 2.79 bits per heavy atom. The summed E-state index contributed by atoms with van der Waals surface area (Å²) in [5.74, 6) is 0. The number of nitrogens with zero attached hydrogens (tertiary/aromatic N) is 3. The zero-order valence-corrected chi connectivity index (χ0v) is 11.9. The van der Waals surface area contributed by atoms with Gasteiger partial charge < -0.3 is 4.74 Å². The zero-order valence-electron chi connectivity index (χ0n) is 11.1. The predicted octanol–water partition coefficient (Wildman–Crippen LogP) is -0.247. The Hall–Kier alpha value is -0.960. The summed E-state index contributed by atoms with van der Waals surface area (Å²) < 4.78 is 31.4. The fourth-order valence-electron chi connectivity index (χ4n) is 2.06. The van der Waals surface area contributed by atoms with E-state index in [-0.39, 0.29) is 4.90 Å². The van der Waals surface area contributed by atoms with Crippen molar-refractivity contribution in [1.29, 1.82) is 0 Å². The number of morpholine rings is 1. The van der Waals surface area contributed by atoms with E-state index in [2.05, 4.69) is 15.1 Å². The molecular formula is C11H20N4O3S. The van der Waals surface area contributed by atoms with Crippen LogP contribution in [0.25, 0.3) is 0 Å². The maximum atomic E-state index is 12.3. The van der Waals surface area contributed by atoms with Crippen LogP contribution in [0.2, 0.25) is 0 Å². The number of hydrogen-bond acceptors (Lipinski definition) is 5. The predicted molar refractivity (Wildman–Crippen MR) is 70.3 cm³/mol. The van der Waals surface area contributed by atoms with Crippen LogP contribution in [0.5, 0.6) is 0 Å². The molecule has 2 heterocycles. The number of sulfonamides is 1. The van der Waals surface area contributed by atoms with Gasteiger partial charge in [-0.2, -0.15) is 9.40 Å². The third kappa shape index (κ3) is 3.53. The summed E-state index contributed by atoms with van der Waals surface area (Å²) >= 11 is 0. The van der Waals surface area contributed by atoms with Gasteiger partial charge >= 0.3 is 0 Å². The van der Waals surface area contributed by atoms with Gasteiger partial charge in [0.2, 0.25) is 10.0 Å². The molecule has 0 amide bonds. The zero-order chi connectivity index (χ0) is 13.7. The van der Waals surface area contributed by atoms with E-state index in [4.69, 9.17) is 4.74 Å². The smallest absolute Gasteiger partial charge is 0.246 e. The molecule has 1 fully saturated rings. The number of H-pyrrole nitrogens is 1. The number of aromatic nitrogens is 2. The van der Waals surface area contributed by atoms with Crippen molar-refractivity contribution in [3.05, 3.63) is 12.4 Å². The summed E-state index contributed by atoms with van der Waals surface area (Å²) in [6.07, 6.45) is 2.75. The monoisotopic (exact) mass is 288 g/mol. The van der Waals surface area contributed by atoms with Crippen molar-refractivity contribution in [1.82, 2.24) is 19.4 Å². The molecule has 0 aliphatic carbocycles. The highest BCUT2D eigenvalue weighted by Gasteiger charge is 2.24. The molecule has 8 heteroatoms. The second-order valence-corrected chi connectivity index (χ2v) is 6.32. The van der Waals surface area contributed by atoms with E-state index < -0.39 is 10.0 Å². The van der Waals surface area contributed by atoms with Crippen LogP contribution in [0.15, 0.2) is 17.3 Å². The minimum Gasteiger partial charge on any atom is -0.379 e. The summed E-state index contributed by atoms with van der Waals surface area (Å²) in [5.41, 5.74) is 0. The van der Waals surface area contributed by atoms with Gasteiger partial charge in [-0.25, -0.2) is 8.42 Å². The first-order valence-electron chi connectivity index (χ1n) is 6.43. The second kappa shape index (κ2) is 6.47. The molecule has 108 valence electrons. The molecular weight excluding hydrogens is 268 g/mol. The van der Waals surface area contributed by atoms with Gasteiger partial charge in [-0.3, -0.25) is 10.00 Å². The highest BCUT2D eigenvalue weighted by molar-refractivity contribution is 7.89. The molecule has 1 aromatic heterocycles. The first-order chi connectivity index (χ1) is 9.14. The van der Waals surface area contributed by atoms with Crippen molar-refractivity contribution >= 4 is 10.0 Å². The second-order valence-electron chi connectivity index (χ2n) is 4.38. The highest BCUT2D eigenvalue weighted by atomic mass is 32.2. The number of aromatic amines is 1. The van der Waals surface area contributed by atoms with Crippen LogP contribution in [-0.2, 0) is 14.8 Å². The Bertz CT molecular complexity index is 468. The molecule has 0 spiro atoms. The van der Waals surface area contributed by atoms with Crippen molar-refractivity contribution in [3.63, 3.8) is 0 Å². The van der Waals surface area contributed by atoms with Gasteiger partial charge in [0.05, 0.1) is 19.4 Å². The van der Waals surface area contributed by atoms with Gasteiger partial charge in [0.15, 0.2) is 0 Å². The maximum absolute atomic E-state index is 12.3. The molecule has 2 rings (SSSR count). The summed E-state index contributed by atoms with van der Waals surface area (Å²) in [6, 6.07) is 0. The molecule has 1 aromatic rings. The van der Waals surface area contributed by atoms with Crippen LogP contribution in [0.3, 0.4) is 0 Å². The third-order valence-corrected chi connectivity index (χ3v) is 5.17. The van der Waals surface area contributed by atoms with Crippen molar-refractivity contribution in [3.8, 4) is 0 Å². The van der Waals surface area contributed by atoms with Crippen LogP contribution < -0.4 is 0 Å². The van der Waals surface area contributed by atoms with E-state index in [9.17, 15) is 8.42 Å². The van der Waals surface area contributed by atoms with E-state index in [1.54, 1.807) is 0 Å². The largest absolute Gasteiger partial charge is 0.379 e. The molecule has 0 saturated carbocycles. The molecule has 0 aromatic carbocycles. The molecule has 19 heavy (non-hydrogen) atoms. The Morgan fingerprint density at radius 1 is 1.47 bits per heavy atom. The van der Waals surface area contributed by atoms with Crippen LogP contribution in [-0.4, -0.2) is 73.8 Å². The Kier molecular flexibility index (Phi) is 4.92. The lowest BCUT2D eigenvalue weighted by Crippen LogP contribution is -2.43. The molecule has 0 atom stereocenters. The summed E-state index contributed by atoms with van der Waals surface area (Å²) in [4.78, 5) is 2.44. The molecule has 0 bridgehead atoms. The van der Waals surface area contributed by atoms with E-state index in [1.165, 1.54) is 16.7 Å². The maximum Gasteiger partial charge on any atom is 0.246 e. The lowest BCUT2D eigenvalue weighted by atomic mass is 10.4. The lowest BCUT2D eigenvalue weighted by Gasteiger charge is -2.29. The molecule has 1 aliphatic heterocycles. The van der Waals surface area contributed by atoms with E-state index in [1.807, 2.05) is 6.92 Å². The first kappa shape index (κ1) is 14.4. The van der Waals surface area contributed by atoms with Crippen molar-refractivity contribution in [2.75, 3.05) is 45.9 Å². The Balaban J connectivity index is 1.96. The van der Waals surface area contributed by atoms with E-state index >= 15 is 0 Å². The number of hydrogen-bond donors (Lipinski definition) is 1. The van der Waals surface area contributed by atoms with Gasteiger partial charge in [0, 0.05) is 38.9 Å². The fraction of sp³-hybridized carbons (Fsp3) is 0.727. The average Bonchev–Trinajstić information content (AvgIpc) is 2.95. The SMILES string of the molecule is CCN(CCN1CCOCC1)S(=O)(=O)c1cn[nH]c1. The van der Waals surface area contributed by atoms with Crippen molar-refractivity contribution in [2.45, 2.75) is 11.8 Å². The molecule has 0 unspecified atom stereocenters.